The van der Waals surface area contributed by atoms with Gasteiger partial charge in [-0.05, 0) is 0 Å². The molecule has 0 aromatic carbocycles. The smallest absolute Gasteiger partial charge is 0.168 e. The zero-order valence-electron chi connectivity index (χ0n) is 5.52. The molecule has 1 aliphatic rings. The van der Waals surface area contributed by atoms with Crippen molar-refractivity contribution in [3.63, 3.8) is 0 Å². The molecule has 0 spiro atoms. The summed E-state index contributed by atoms with van der Waals surface area (Å²) in [6, 6.07) is 0. The Bertz CT molecular complexity index is 188. The maximum atomic E-state index is 4.08. The molecule has 10 heavy (non-hydrogen) atoms. The van der Waals surface area contributed by atoms with Crippen molar-refractivity contribution in [2.75, 3.05) is 13.1 Å². The number of aromatic amines is 1. The first-order valence-electron chi connectivity index (χ1n) is 3.31. The normalized spacial score (nSPS) is 20.0. The Morgan fingerprint density at radius 2 is 2.10 bits per heavy atom. The first kappa shape index (κ1) is 5.88. The molecule has 1 saturated heterocycles. The van der Waals surface area contributed by atoms with Crippen LogP contribution < -0.4 is 10.6 Å². The molecular formula is C6H9N4. The third-order valence-corrected chi connectivity index (χ3v) is 1.46. The van der Waals surface area contributed by atoms with E-state index in [-0.39, 0.29) is 0 Å². The largest absolute Gasteiger partial charge is 0.346 e. The monoisotopic (exact) mass is 137 g/mol. The van der Waals surface area contributed by atoms with Crippen molar-refractivity contribution >= 4 is 0 Å². The number of nitrogens with one attached hydrogen (secondary N) is 3. The topological polar surface area (TPSA) is 52.7 Å². The predicted molar refractivity (Wildman–Crippen MR) is 36.9 cm³/mol. The van der Waals surface area contributed by atoms with Gasteiger partial charge in [-0.25, -0.2) is 4.98 Å². The van der Waals surface area contributed by atoms with E-state index in [4.69, 9.17) is 0 Å². The van der Waals surface area contributed by atoms with Crippen LogP contribution in [0.1, 0.15) is 5.82 Å². The van der Waals surface area contributed by atoms with Crippen molar-refractivity contribution in [1.29, 1.82) is 0 Å². The summed E-state index contributed by atoms with van der Waals surface area (Å²) in [5, 5.41) is 6.34. The lowest BCUT2D eigenvalue weighted by Gasteiger charge is -2.03. The molecule has 0 amide bonds. The van der Waals surface area contributed by atoms with Crippen LogP contribution in [0.15, 0.2) is 12.4 Å². The van der Waals surface area contributed by atoms with Gasteiger partial charge in [0.15, 0.2) is 6.17 Å². The number of aromatic nitrogens is 2. The van der Waals surface area contributed by atoms with E-state index in [2.05, 4.69) is 20.6 Å². The van der Waals surface area contributed by atoms with Gasteiger partial charge in [-0.15, -0.1) is 0 Å². The highest BCUT2D eigenvalue weighted by atomic mass is 15.2. The second-order valence-corrected chi connectivity index (χ2v) is 2.17. The average molecular weight is 137 g/mol. The standard InChI is InChI=1S/C6H9N4/c1-2-8-5(7-1)6-9-3-4-10-6/h1-2,9-10H,3-4H2,(H,7,8). The summed E-state index contributed by atoms with van der Waals surface area (Å²) in [4.78, 5) is 7.09. The zero-order chi connectivity index (χ0) is 6.81. The molecule has 4 nitrogen and oxygen atoms in total. The fraction of sp³-hybridized carbons (Fsp3) is 0.333. The molecule has 1 radical (unpaired) electrons. The maximum Gasteiger partial charge on any atom is 0.168 e. The van der Waals surface area contributed by atoms with E-state index in [1.807, 2.05) is 6.20 Å². The highest BCUT2D eigenvalue weighted by Crippen LogP contribution is 2.03. The molecule has 0 aliphatic carbocycles. The second kappa shape index (κ2) is 2.40. The number of imidazole rings is 1. The van der Waals surface area contributed by atoms with E-state index >= 15 is 0 Å². The molecule has 4 heteroatoms. The molecule has 3 N–H and O–H groups in total. The van der Waals surface area contributed by atoms with Crippen LogP contribution in [-0.2, 0) is 0 Å². The van der Waals surface area contributed by atoms with E-state index < -0.39 is 0 Å². The van der Waals surface area contributed by atoms with Crippen molar-refractivity contribution in [3.05, 3.63) is 24.4 Å². The minimum Gasteiger partial charge on any atom is -0.346 e. The third kappa shape index (κ3) is 0.913. The van der Waals surface area contributed by atoms with Crippen molar-refractivity contribution < 1.29 is 0 Å². The zero-order valence-corrected chi connectivity index (χ0v) is 5.52. The molecule has 2 heterocycles. The quantitative estimate of drug-likeness (QED) is 0.486. The Hall–Kier alpha value is -0.870. The highest BCUT2D eigenvalue weighted by Gasteiger charge is 2.17. The minimum atomic E-state index is 0.887. The lowest BCUT2D eigenvalue weighted by atomic mass is 10.5. The summed E-state index contributed by atoms with van der Waals surface area (Å²) in [5.41, 5.74) is 0. The van der Waals surface area contributed by atoms with Crippen LogP contribution in [-0.4, -0.2) is 23.1 Å². The number of H-pyrrole nitrogens is 1. The number of rotatable bonds is 1. The molecule has 0 saturated carbocycles. The van der Waals surface area contributed by atoms with Crippen LogP contribution in [0.3, 0.4) is 0 Å². The fourth-order valence-electron chi connectivity index (χ4n) is 1.01. The maximum absolute atomic E-state index is 4.08. The van der Waals surface area contributed by atoms with Crippen LogP contribution in [0.25, 0.3) is 0 Å². The van der Waals surface area contributed by atoms with Crippen LogP contribution in [0.2, 0.25) is 0 Å². The van der Waals surface area contributed by atoms with Crippen LogP contribution >= 0.6 is 0 Å². The van der Waals surface area contributed by atoms with Crippen LogP contribution in [0, 0.1) is 6.17 Å². The van der Waals surface area contributed by atoms with E-state index in [9.17, 15) is 0 Å². The molecule has 1 aliphatic heterocycles. The van der Waals surface area contributed by atoms with E-state index in [0.717, 1.165) is 25.1 Å². The second-order valence-electron chi connectivity index (χ2n) is 2.17. The summed E-state index contributed by atoms with van der Waals surface area (Å²) >= 11 is 0. The first-order chi connectivity index (χ1) is 4.97. The summed E-state index contributed by atoms with van der Waals surface area (Å²) in [6.07, 6.45) is 4.55. The average Bonchev–Trinajstić information content (AvgIpc) is 2.59. The SMILES string of the molecule is c1c[nH]c([C]2NCCN2)n1. The molecule has 2 rings (SSSR count). The molecule has 1 fully saturated rings. The summed E-state index contributed by atoms with van der Waals surface area (Å²) < 4.78 is 0. The Balaban J connectivity index is 2.12. The van der Waals surface area contributed by atoms with Crippen molar-refractivity contribution in [2.45, 2.75) is 0 Å². The molecule has 0 bridgehead atoms. The van der Waals surface area contributed by atoms with Gasteiger partial charge in [-0.2, -0.15) is 0 Å². The van der Waals surface area contributed by atoms with Crippen molar-refractivity contribution in [1.82, 2.24) is 20.6 Å². The highest BCUT2D eigenvalue weighted by molar-refractivity contribution is 5.13. The molecule has 53 valence electrons. The van der Waals surface area contributed by atoms with Crippen LogP contribution in [0.4, 0.5) is 0 Å². The van der Waals surface area contributed by atoms with E-state index in [1.165, 1.54) is 0 Å². The first-order valence-corrected chi connectivity index (χ1v) is 3.31. The van der Waals surface area contributed by atoms with Crippen molar-refractivity contribution in [2.24, 2.45) is 0 Å². The van der Waals surface area contributed by atoms with Gasteiger partial charge in [0.1, 0.15) is 5.82 Å². The van der Waals surface area contributed by atoms with Gasteiger partial charge in [-0.1, -0.05) is 0 Å². The van der Waals surface area contributed by atoms with Gasteiger partial charge in [0, 0.05) is 25.5 Å². The lowest BCUT2D eigenvalue weighted by molar-refractivity contribution is 0.770. The molecule has 0 atom stereocenters. The van der Waals surface area contributed by atoms with Gasteiger partial charge in [-0.3, -0.25) is 10.6 Å². The molecular weight excluding hydrogens is 128 g/mol. The summed E-state index contributed by atoms with van der Waals surface area (Å²) in [6.45, 7) is 1.96. The summed E-state index contributed by atoms with van der Waals surface area (Å²) in [5.74, 6) is 0.887. The van der Waals surface area contributed by atoms with Crippen molar-refractivity contribution in [3.8, 4) is 0 Å². The molecule has 1 aromatic heterocycles. The Labute approximate surface area is 59.0 Å². The number of hydrogen-bond donors (Lipinski definition) is 3. The Morgan fingerprint density at radius 3 is 2.70 bits per heavy atom. The fourth-order valence-corrected chi connectivity index (χ4v) is 1.01. The molecule has 0 unspecified atom stereocenters. The number of nitrogens with zero attached hydrogens (tertiary/aromatic N) is 1. The third-order valence-electron chi connectivity index (χ3n) is 1.46. The predicted octanol–water partition coefficient (Wildman–Crippen LogP) is -0.560. The van der Waals surface area contributed by atoms with E-state index in [1.54, 1.807) is 6.20 Å². The minimum absolute atomic E-state index is 0.887. The van der Waals surface area contributed by atoms with Gasteiger partial charge in [0.2, 0.25) is 0 Å². The Kier molecular flexibility index (Phi) is 1.41. The van der Waals surface area contributed by atoms with Crippen LogP contribution in [0.5, 0.6) is 0 Å². The Morgan fingerprint density at radius 1 is 1.30 bits per heavy atom. The lowest BCUT2D eigenvalue weighted by Crippen LogP contribution is -2.23. The summed E-state index contributed by atoms with van der Waals surface area (Å²) in [7, 11) is 0. The van der Waals surface area contributed by atoms with Gasteiger partial charge in [0.05, 0.1) is 0 Å². The number of hydrogen-bond acceptors (Lipinski definition) is 3. The molecule has 1 aromatic rings. The van der Waals surface area contributed by atoms with Gasteiger partial charge < -0.3 is 4.98 Å². The van der Waals surface area contributed by atoms with Gasteiger partial charge >= 0.3 is 0 Å². The van der Waals surface area contributed by atoms with E-state index in [0.29, 0.717) is 0 Å². The van der Waals surface area contributed by atoms with Gasteiger partial charge in [0.25, 0.3) is 0 Å².